The molecule has 19 heavy (non-hydrogen) atoms. The van der Waals surface area contributed by atoms with Crippen molar-refractivity contribution in [2.75, 3.05) is 13.7 Å². The first-order chi connectivity index (χ1) is 9.15. The number of nitrogens with two attached hydrogens (primary N) is 1. The molecule has 5 heteroatoms. The molecule has 0 atom stereocenters. The van der Waals surface area contributed by atoms with Gasteiger partial charge in [-0.2, -0.15) is 5.10 Å². The van der Waals surface area contributed by atoms with Crippen LogP contribution in [0, 0.1) is 6.92 Å². The number of aromatic nitrogens is 2. The van der Waals surface area contributed by atoms with Crippen molar-refractivity contribution in [3.63, 3.8) is 0 Å². The fourth-order valence-electron chi connectivity index (χ4n) is 2.00. The maximum absolute atomic E-state index is 5.68. The number of nitrogens with zero attached hydrogens (tertiary/aromatic N) is 2. The summed E-state index contributed by atoms with van der Waals surface area (Å²) in [4.78, 5) is 1.17. The second-order valence-electron chi connectivity index (χ2n) is 4.31. The van der Waals surface area contributed by atoms with Gasteiger partial charge >= 0.3 is 0 Å². The molecule has 1 aromatic heterocycles. The lowest BCUT2D eigenvalue weighted by molar-refractivity contribution is 0.414. The van der Waals surface area contributed by atoms with E-state index in [4.69, 9.17) is 10.5 Å². The molecule has 0 amide bonds. The molecule has 0 aliphatic rings. The Morgan fingerprint density at radius 2 is 2.00 bits per heavy atom. The molecular weight excluding hydrogens is 258 g/mol. The molecule has 0 saturated carbocycles. The zero-order valence-corrected chi connectivity index (χ0v) is 12.3. The number of aryl methyl sites for hydroxylation is 2. The van der Waals surface area contributed by atoms with Gasteiger partial charge in [-0.25, -0.2) is 0 Å². The van der Waals surface area contributed by atoms with Crippen molar-refractivity contribution in [1.82, 2.24) is 9.78 Å². The van der Waals surface area contributed by atoms with Crippen LogP contribution in [0.1, 0.15) is 11.3 Å². The molecule has 0 fully saturated rings. The van der Waals surface area contributed by atoms with E-state index in [2.05, 4.69) is 17.2 Å². The highest BCUT2D eigenvalue weighted by Crippen LogP contribution is 2.32. The highest BCUT2D eigenvalue weighted by Gasteiger charge is 2.13. The van der Waals surface area contributed by atoms with Crippen LogP contribution in [-0.4, -0.2) is 23.4 Å². The van der Waals surface area contributed by atoms with Gasteiger partial charge in [-0.05, 0) is 44.2 Å². The van der Waals surface area contributed by atoms with E-state index in [1.165, 1.54) is 10.5 Å². The maximum atomic E-state index is 5.68. The molecule has 4 nitrogen and oxygen atoms in total. The number of benzene rings is 1. The van der Waals surface area contributed by atoms with Gasteiger partial charge in [-0.3, -0.25) is 4.68 Å². The van der Waals surface area contributed by atoms with E-state index >= 15 is 0 Å². The molecule has 0 spiro atoms. The summed E-state index contributed by atoms with van der Waals surface area (Å²) in [7, 11) is 3.64. The monoisotopic (exact) mass is 277 g/mol. The standard InChI is InChI=1S/C14H19N3OS/c1-10-13(8-9-15)14(17(2)16-10)19-12-6-4-11(18-3)5-7-12/h4-7H,8-9,15H2,1-3H3. The van der Waals surface area contributed by atoms with Gasteiger partial charge in [0.1, 0.15) is 10.8 Å². The number of rotatable bonds is 5. The summed E-state index contributed by atoms with van der Waals surface area (Å²) in [5, 5.41) is 5.64. The minimum Gasteiger partial charge on any atom is -0.497 e. The average Bonchev–Trinajstić information content (AvgIpc) is 2.67. The number of ether oxygens (including phenoxy) is 1. The van der Waals surface area contributed by atoms with Crippen LogP contribution in [0.25, 0.3) is 0 Å². The van der Waals surface area contributed by atoms with Crippen LogP contribution in [-0.2, 0) is 13.5 Å². The zero-order valence-electron chi connectivity index (χ0n) is 11.5. The molecule has 102 valence electrons. The van der Waals surface area contributed by atoms with Crippen molar-refractivity contribution in [3.05, 3.63) is 35.5 Å². The van der Waals surface area contributed by atoms with E-state index in [1.54, 1.807) is 18.9 Å². The lowest BCUT2D eigenvalue weighted by Crippen LogP contribution is -2.04. The minimum atomic E-state index is 0.642. The van der Waals surface area contributed by atoms with Crippen LogP contribution < -0.4 is 10.5 Å². The lowest BCUT2D eigenvalue weighted by atomic mass is 10.2. The van der Waals surface area contributed by atoms with Gasteiger partial charge in [0.2, 0.25) is 0 Å². The Labute approximate surface area is 117 Å². The van der Waals surface area contributed by atoms with Crippen LogP contribution >= 0.6 is 11.8 Å². The third-order valence-electron chi connectivity index (χ3n) is 2.96. The van der Waals surface area contributed by atoms with E-state index in [1.807, 2.05) is 30.8 Å². The molecular formula is C14H19N3OS. The Balaban J connectivity index is 2.26. The van der Waals surface area contributed by atoms with Gasteiger partial charge in [-0.1, -0.05) is 11.8 Å². The number of methoxy groups -OCH3 is 1. The van der Waals surface area contributed by atoms with Gasteiger partial charge in [0.05, 0.1) is 12.8 Å². The van der Waals surface area contributed by atoms with Gasteiger partial charge < -0.3 is 10.5 Å². The molecule has 1 heterocycles. The second-order valence-corrected chi connectivity index (χ2v) is 5.37. The van der Waals surface area contributed by atoms with Gasteiger partial charge in [0.25, 0.3) is 0 Å². The lowest BCUT2D eigenvalue weighted by Gasteiger charge is -2.06. The largest absolute Gasteiger partial charge is 0.497 e. The highest BCUT2D eigenvalue weighted by molar-refractivity contribution is 7.99. The molecule has 2 aromatic rings. The van der Waals surface area contributed by atoms with Crippen LogP contribution in [0.15, 0.2) is 34.2 Å². The quantitative estimate of drug-likeness (QED) is 0.911. The van der Waals surface area contributed by atoms with Gasteiger partial charge in [0, 0.05) is 17.5 Å². The summed E-state index contributed by atoms with van der Waals surface area (Å²) in [5.41, 5.74) is 7.98. The van der Waals surface area contributed by atoms with Gasteiger partial charge in [-0.15, -0.1) is 0 Å². The summed E-state index contributed by atoms with van der Waals surface area (Å²) in [5.74, 6) is 0.868. The van der Waals surface area contributed by atoms with Crippen molar-refractivity contribution in [3.8, 4) is 5.75 Å². The Bertz CT molecular complexity index is 549. The van der Waals surface area contributed by atoms with E-state index in [-0.39, 0.29) is 0 Å². The molecule has 0 bridgehead atoms. The summed E-state index contributed by atoms with van der Waals surface area (Å²) < 4.78 is 7.09. The molecule has 0 aliphatic carbocycles. The Hall–Kier alpha value is -1.46. The second kappa shape index (κ2) is 6.12. The predicted octanol–water partition coefficient (Wildman–Crippen LogP) is 2.39. The number of hydrogen-bond donors (Lipinski definition) is 1. The van der Waals surface area contributed by atoms with Crippen molar-refractivity contribution in [2.24, 2.45) is 12.8 Å². The molecule has 0 saturated heterocycles. The van der Waals surface area contributed by atoms with E-state index in [9.17, 15) is 0 Å². The Kier molecular flexibility index (Phi) is 4.50. The molecule has 0 radical (unpaired) electrons. The summed E-state index contributed by atoms with van der Waals surface area (Å²) in [6.07, 6.45) is 0.859. The summed E-state index contributed by atoms with van der Waals surface area (Å²) in [6.45, 7) is 2.67. The molecule has 1 aromatic carbocycles. The summed E-state index contributed by atoms with van der Waals surface area (Å²) in [6, 6.07) is 8.04. The average molecular weight is 277 g/mol. The van der Waals surface area contributed by atoms with Crippen molar-refractivity contribution in [2.45, 2.75) is 23.3 Å². The molecule has 2 rings (SSSR count). The molecule has 0 unspecified atom stereocenters. The van der Waals surface area contributed by atoms with E-state index in [0.29, 0.717) is 6.54 Å². The maximum Gasteiger partial charge on any atom is 0.118 e. The third-order valence-corrected chi connectivity index (χ3v) is 4.17. The SMILES string of the molecule is COc1ccc(Sc2c(CCN)c(C)nn2C)cc1. The predicted molar refractivity (Wildman–Crippen MR) is 77.8 cm³/mol. The van der Waals surface area contributed by atoms with Crippen LogP contribution in [0.4, 0.5) is 0 Å². The van der Waals surface area contributed by atoms with Crippen LogP contribution in [0.3, 0.4) is 0 Å². The highest BCUT2D eigenvalue weighted by atomic mass is 32.2. The smallest absolute Gasteiger partial charge is 0.118 e. The minimum absolute atomic E-state index is 0.642. The normalized spacial score (nSPS) is 10.7. The Morgan fingerprint density at radius 1 is 1.32 bits per heavy atom. The zero-order chi connectivity index (χ0) is 13.8. The fraction of sp³-hybridized carbons (Fsp3) is 0.357. The first-order valence-corrected chi connectivity index (χ1v) is 7.01. The molecule has 0 aliphatic heterocycles. The Morgan fingerprint density at radius 3 is 2.58 bits per heavy atom. The van der Waals surface area contributed by atoms with Crippen LogP contribution in [0.5, 0.6) is 5.75 Å². The first-order valence-electron chi connectivity index (χ1n) is 6.20. The van der Waals surface area contributed by atoms with E-state index in [0.717, 1.165) is 22.9 Å². The summed E-state index contributed by atoms with van der Waals surface area (Å²) >= 11 is 1.71. The first kappa shape index (κ1) is 14.0. The van der Waals surface area contributed by atoms with Crippen molar-refractivity contribution in [1.29, 1.82) is 0 Å². The third kappa shape index (κ3) is 3.11. The van der Waals surface area contributed by atoms with Crippen LogP contribution in [0.2, 0.25) is 0 Å². The van der Waals surface area contributed by atoms with Crippen molar-refractivity contribution < 1.29 is 4.74 Å². The van der Waals surface area contributed by atoms with Crippen molar-refractivity contribution >= 4 is 11.8 Å². The fourth-order valence-corrected chi connectivity index (χ4v) is 3.04. The van der Waals surface area contributed by atoms with Gasteiger partial charge in [0.15, 0.2) is 0 Å². The molecule has 2 N–H and O–H groups in total. The topological polar surface area (TPSA) is 53.1 Å². The van der Waals surface area contributed by atoms with E-state index < -0.39 is 0 Å². The number of hydrogen-bond acceptors (Lipinski definition) is 4.